The first-order valence-electron chi connectivity index (χ1n) is 9.09. The Morgan fingerprint density at radius 3 is 2.52 bits per heavy atom. The van der Waals surface area contributed by atoms with Crippen molar-refractivity contribution in [2.24, 2.45) is 0 Å². The molecule has 2 rings (SSSR count). The van der Waals surface area contributed by atoms with Crippen molar-refractivity contribution in [1.29, 1.82) is 0 Å². The highest BCUT2D eigenvalue weighted by molar-refractivity contribution is 6.28. The van der Waals surface area contributed by atoms with E-state index in [1.54, 1.807) is 6.20 Å². The average molecular weight is 401 g/mol. The highest BCUT2D eigenvalue weighted by Gasteiger charge is 2.21. The van der Waals surface area contributed by atoms with Crippen LogP contribution in [0.25, 0.3) is 11.0 Å². The van der Waals surface area contributed by atoms with E-state index in [0.29, 0.717) is 32.0 Å². The first-order valence-corrected chi connectivity index (χ1v) is 9.47. The molecule has 0 aromatic carbocycles. The summed E-state index contributed by atoms with van der Waals surface area (Å²) >= 11 is 5.99. The number of rotatable bonds is 10. The molecule has 0 aliphatic heterocycles. The Labute approximate surface area is 164 Å². The largest absolute Gasteiger partial charge is 0.356 e. The molecule has 152 valence electrons. The summed E-state index contributed by atoms with van der Waals surface area (Å²) in [5, 5.41) is 13.9. The molecule has 2 aromatic rings. The number of aromatic nitrogens is 3. The van der Waals surface area contributed by atoms with Crippen LogP contribution in [0, 0.1) is 0 Å². The third kappa shape index (κ3) is 6.38. The van der Waals surface area contributed by atoms with Crippen LogP contribution in [0.3, 0.4) is 0 Å². The van der Waals surface area contributed by atoms with Gasteiger partial charge in [0.1, 0.15) is 5.65 Å². The van der Waals surface area contributed by atoms with Crippen LogP contribution in [0.5, 0.6) is 0 Å². The Morgan fingerprint density at radius 2 is 1.93 bits per heavy atom. The van der Waals surface area contributed by atoms with Crippen molar-refractivity contribution in [3.8, 4) is 0 Å². The normalized spacial score (nSPS) is 13.6. The molecule has 8 nitrogen and oxygen atoms in total. The minimum Gasteiger partial charge on any atom is -0.356 e. The molecule has 0 aliphatic rings. The van der Waals surface area contributed by atoms with E-state index in [0.717, 1.165) is 11.1 Å². The number of fused-ring (bicyclic) bond motifs is 1. The zero-order chi connectivity index (χ0) is 20.0. The van der Waals surface area contributed by atoms with Gasteiger partial charge in [0.2, 0.25) is 11.7 Å². The van der Waals surface area contributed by atoms with Crippen molar-refractivity contribution in [1.82, 2.24) is 19.9 Å². The van der Waals surface area contributed by atoms with Gasteiger partial charge >= 0.3 is 0 Å². The Bertz CT molecular complexity index is 726. The summed E-state index contributed by atoms with van der Waals surface area (Å²) in [6.45, 7) is 11.4. The third-order valence-corrected chi connectivity index (χ3v) is 3.82. The van der Waals surface area contributed by atoms with Crippen molar-refractivity contribution in [2.45, 2.75) is 59.5 Å². The summed E-state index contributed by atoms with van der Waals surface area (Å²) in [7, 11) is 0. The molecule has 2 heterocycles. The van der Waals surface area contributed by atoms with E-state index in [9.17, 15) is 5.11 Å². The van der Waals surface area contributed by atoms with Gasteiger partial charge < -0.3 is 23.9 Å². The number of nitrogens with one attached hydrogen (secondary N) is 1. The van der Waals surface area contributed by atoms with E-state index in [-0.39, 0.29) is 5.28 Å². The molecule has 0 fully saturated rings. The molecule has 0 amide bonds. The summed E-state index contributed by atoms with van der Waals surface area (Å²) in [4.78, 5) is 8.39. The molecular weight excluding hydrogens is 372 g/mol. The Kier molecular flexibility index (Phi) is 7.96. The number of aliphatic hydroxyl groups is 1. The van der Waals surface area contributed by atoms with Gasteiger partial charge in [-0.1, -0.05) is 0 Å². The molecule has 0 aliphatic carbocycles. The fraction of sp³-hybridized carbons (Fsp3) is 0.667. The lowest BCUT2D eigenvalue weighted by atomic mass is 10.2. The first-order chi connectivity index (χ1) is 12.7. The first kappa shape index (κ1) is 22.0. The SMILES string of the molecule is CCOC(OCC)c1cc2cnc(Cl)nc2n1CCNC(O)OC(C)(C)C. The average Bonchev–Trinajstić information content (AvgIpc) is 2.91. The van der Waals surface area contributed by atoms with Gasteiger partial charge in [0, 0.05) is 37.9 Å². The maximum atomic E-state index is 9.98. The summed E-state index contributed by atoms with van der Waals surface area (Å²) in [5.41, 5.74) is 1.05. The standard InChI is InChI=1S/C18H29ClN4O4/c1-6-25-15(26-7-2)13-10-12-11-21-16(19)22-14(12)23(13)9-8-20-17(24)27-18(3,4)5/h10-11,15,17,20,24H,6-9H2,1-5H3. The zero-order valence-electron chi connectivity index (χ0n) is 16.5. The fourth-order valence-electron chi connectivity index (χ4n) is 2.67. The molecule has 0 radical (unpaired) electrons. The van der Waals surface area contributed by atoms with E-state index < -0.39 is 18.3 Å². The molecule has 0 bridgehead atoms. The van der Waals surface area contributed by atoms with Crippen LogP contribution in [-0.4, -0.2) is 51.4 Å². The summed E-state index contributed by atoms with van der Waals surface area (Å²) in [6, 6.07) is 1.93. The van der Waals surface area contributed by atoms with Crippen molar-refractivity contribution in [2.75, 3.05) is 19.8 Å². The highest BCUT2D eigenvalue weighted by atomic mass is 35.5. The second-order valence-electron chi connectivity index (χ2n) is 6.92. The second kappa shape index (κ2) is 9.77. The Morgan fingerprint density at radius 1 is 1.26 bits per heavy atom. The van der Waals surface area contributed by atoms with Gasteiger partial charge in [0.25, 0.3) is 0 Å². The second-order valence-corrected chi connectivity index (χ2v) is 7.26. The molecule has 9 heteroatoms. The van der Waals surface area contributed by atoms with Gasteiger partial charge in [-0.15, -0.1) is 0 Å². The molecule has 1 unspecified atom stereocenters. The van der Waals surface area contributed by atoms with Crippen LogP contribution in [0.2, 0.25) is 5.28 Å². The topological polar surface area (TPSA) is 90.7 Å². The lowest BCUT2D eigenvalue weighted by molar-refractivity contribution is -0.181. The number of ether oxygens (including phenoxy) is 3. The summed E-state index contributed by atoms with van der Waals surface area (Å²) < 4.78 is 18.9. The lowest BCUT2D eigenvalue weighted by Gasteiger charge is -2.25. The van der Waals surface area contributed by atoms with Gasteiger partial charge in [-0.3, -0.25) is 5.32 Å². The predicted molar refractivity (Wildman–Crippen MR) is 103 cm³/mol. The van der Waals surface area contributed by atoms with Crippen LogP contribution in [0.1, 0.15) is 46.6 Å². The summed E-state index contributed by atoms with van der Waals surface area (Å²) in [5.74, 6) is 0. The van der Waals surface area contributed by atoms with Gasteiger partial charge in [-0.05, 0) is 52.3 Å². The van der Waals surface area contributed by atoms with Crippen LogP contribution < -0.4 is 5.32 Å². The van der Waals surface area contributed by atoms with E-state index in [1.165, 1.54) is 0 Å². The minimum absolute atomic E-state index is 0.168. The van der Waals surface area contributed by atoms with Gasteiger partial charge in [-0.25, -0.2) is 4.98 Å². The molecule has 0 spiro atoms. The number of halogens is 1. The van der Waals surface area contributed by atoms with Gasteiger partial charge in [0.05, 0.1) is 11.3 Å². The van der Waals surface area contributed by atoms with Gasteiger partial charge in [0.15, 0.2) is 6.29 Å². The van der Waals surface area contributed by atoms with Gasteiger partial charge in [-0.2, -0.15) is 4.98 Å². The smallest absolute Gasteiger partial charge is 0.224 e. The third-order valence-electron chi connectivity index (χ3n) is 3.63. The molecule has 2 aromatic heterocycles. The molecule has 1 atom stereocenters. The number of hydrogen-bond acceptors (Lipinski definition) is 7. The highest BCUT2D eigenvalue weighted by Crippen LogP contribution is 2.27. The molecule has 27 heavy (non-hydrogen) atoms. The lowest BCUT2D eigenvalue weighted by Crippen LogP contribution is -2.39. The van der Waals surface area contributed by atoms with Crippen LogP contribution >= 0.6 is 11.6 Å². The zero-order valence-corrected chi connectivity index (χ0v) is 17.3. The minimum atomic E-state index is -1.07. The summed E-state index contributed by atoms with van der Waals surface area (Å²) in [6.07, 6.45) is 0.0803. The van der Waals surface area contributed by atoms with Crippen molar-refractivity contribution < 1.29 is 19.3 Å². The van der Waals surface area contributed by atoms with Crippen LogP contribution in [-0.2, 0) is 20.8 Å². The maximum absolute atomic E-state index is 9.98. The van der Waals surface area contributed by atoms with E-state index >= 15 is 0 Å². The van der Waals surface area contributed by atoms with Crippen molar-refractivity contribution >= 4 is 22.6 Å². The number of aliphatic hydroxyl groups excluding tert-OH is 1. The fourth-order valence-corrected chi connectivity index (χ4v) is 2.80. The van der Waals surface area contributed by atoms with Crippen LogP contribution in [0.15, 0.2) is 12.3 Å². The molecular formula is C18H29ClN4O4. The molecule has 0 saturated heterocycles. The molecule has 2 N–H and O–H groups in total. The predicted octanol–water partition coefficient (Wildman–Crippen LogP) is 2.84. The monoisotopic (exact) mass is 400 g/mol. The van der Waals surface area contributed by atoms with Crippen LogP contribution in [0.4, 0.5) is 0 Å². The van der Waals surface area contributed by atoms with Crippen molar-refractivity contribution in [3.63, 3.8) is 0 Å². The molecule has 0 saturated carbocycles. The Hall–Kier alpha value is -1.29. The maximum Gasteiger partial charge on any atom is 0.224 e. The number of nitrogens with zero attached hydrogens (tertiary/aromatic N) is 3. The Balaban J connectivity index is 2.23. The van der Waals surface area contributed by atoms with E-state index in [4.69, 9.17) is 25.8 Å². The van der Waals surface area contributed by atoms with E-state index in [2.05, 4.69) is 15.3 Å². The van der Waals surface area contributed by atoms with E-state index in [1.807, 2.05) is 45.3 Å². The quantitative estimate of drug-likeness (QED) is 0.468. The van der Waals surface area contributed by atoms with Crippen molar-refractivity contribution in [3.05, 3.63) is 23.2 Å². The number of hydrogen-bond donors (Lipinski definition) is 2.